The monoisotopic (exact) mass is 297 g/mol. The zero-order valence-electron chi connectivity index (χ0n) is 11.8. The van der Waals surface area contributed by atoms with Gasteiger partial charge in [0.1, 0.15) is 5.82 Å². The van der Waals surface area contributed by atoms with Crippen LogP contribution in [0, 0.1) is 0 Å². The second-order valence-electron chi connectivity index (χ2n) is 4.78. The lowest BCUT2D eigenvalue weighted by Crippen LogP contribution is -2.42. The third-order valence-electron chi connectivity index (χ3n) is 3.04. The van der Waals surface area contributed by atoms with Crippen LogP contribution in [0.1, 0.15) is 38.4 Å². The van der Waals surface area contributed by atoms with Crippen LogP contribution >= 0.6 is 11.8 Å². The van der Waals surface area contributed by atoms with Crippen molar-refractivity contribution < 1.29 is 9.59 Å². The lowest BCUT2D eigenvalue weighted by Gasteiger charge is -2.11. The summed E-state index contributed by atoms with van der Waals surface area (Å²) in [6, 6.07) is -0.471. The first-order valence-electron chi connectivity index (χ1n) is 6.67. The largest absolute Gasteiger partial charge is 0.338 e. The number of nitrogens with one attached hydrogen (secondary N) is 2. The van der Waals surface area contributed by atoms with E-state index in [1.807, 2.05) is 11.6 Å². The van der Waals surface area contributed by atoms with E-state index in [4.69, 9.17) is 0 Å². The third kappa shape index (κ3) is 3.50. The van der Waals surface area contributed by atoms with E-state index in [1.54, 1.807) is 13.8 Å². The van der Waals surface area contributed by atoms with Gasteiger partial charge in [0.15, 0.2) is 5.16 Å². The van der Waals surface area contributed by atoms with Gasteiger partial charge in [-0.25, -0.2) is 4.79 Å². The van der Waals surface area contributed by atoms with Gasteiger partial charge < -0.3 is 9.88 Å². The van der Waals surface area contributed by atoms with Gasteiger partial charge in [0.25, 0.3) is 0 Å². The third-order valence-corrected chi connectivity index (χ3v) is 4.17. The average Bonchev–Trinajstić information content (AvgIpc) is 3.16. The van der Waals surface area contributed by atoms with Crippen LogP contribution in [0.15, 0.2) is 5.16 Å². The van der Waals surface area contributed by atoms with Crippen molar-refractivity contribution in [1.29, 1.82) is 0 Å². The highest BCUT2D eigenvalue weighted by Crippen LogP contribution is 2.39. The standard InChI is InChI=1S/C12H19N5O2S/c1-4-13-11(19)14-10(18)7(2)20-12-16-15-9(17(12)3)8-5-6-8/h7-8H,4-6H2,1-3H3,(H2,13,14,18,19). The number of urea groups is 1. The van der Waals surface area contributed by atoms with Gasteiger partial charge in [0, 0.05) is 19.5 Å². The molecule has 1 unspecified atom stereocenters. The van der Waals surface area contributed by atoms with Gasteiger partial charge in [-0.2, -0.15) is 0 Å². The fraction of sp³-hybridized carbons (Fsp3) is 0.667. The first-order valence-corrected chi connectivity index (χ1v) is 7.55. The summed E-state index contributed by atoms with van der Waals surface area (Å²) in [5.74, 6) is 1.15. The van der Waals surface area contributed by atoms with E-state index in [2.05, 4.69) is 20.8 Å². The number of hydrogen-bond acceptors (Lipinski definition) is 5. The Bertz CT molecular complexity index is 512. The molecule has 20 heavy (non-hydrogen) atoms. The van der Waals surface area contributed by atoms with Crippen molar-refractivity contribution >= 4 is 23.7 Å². The summed E-state index contributed by atoms with van der Waals surface area (Å²) in [6.07, 6.45) is 2.31. The minimum atomic E-state index is -0.471. The summed E-state index contributed by atoms with van der Waals surface area (Å²) in [6.45, 7) is 4.01. The Labute approximate surface area is 121 Å². The van der Waals surface area contributed by atoms with E-state index in [-0.39, 0.29) is 5.91 Å². The molecule has 0 saturated heterocycles. The normalized spacial score (nSPS) is 15.8. The van der Waals surface area contributed by atoms with Crippen LogP contribution in [-0.2, 0) is 11.8 Å². The number of imide groups is 1. The van der Waals surface area contributed by atoms with Crippen LogP contribution in [0.5, 0.6) is 0 Å². The molecule has 8 heteroatoms. The highest BCUT2D eigenvalue weighted by atomic mass is 32.2. The number of amides is 3. The number of carbonyl (C=O) groups excluding carboxylic acids is 2. The maximum Gasteiger partial charge on any atom is 0.321 e. The SMILES string of the molecule is CCNC(=O)NC(=O)C(C)Sc1nnc(C2CC2)n1C. The second kappa shape index (κ2) is 6.25. The molecular weight excluding hydrogens is 278 g/mol. The maximum atomic E-state index is 11.8. The zero-order valence-corrected chi connectivity index (χ0v) is 12.7. The predicted octanol–water partition coefficient (Wildman–Crippen LogP) is 1.02. The summed E-state index contributed by atoms with van der Waals surface area (Å²) < 4.78 is 1.93. The summed E-state index contributed by atoms with van der Waals surface area (Å²) in [4.78, 5) is 23.1. The van der Waals surface area contributed by atoms with Crippen molar-refractivity contribution in [3.8, 4) is 0 Å². The molecule has 1 fully saturated rings. The van der Waals surface area contributed by atoms with Gasteiger partial charge in [-0.15, -0.1) is 10.2 Å². The zero-order chi connectivity index (χ0) is 14.7. The topological polar surface area (TPSA) is 88.9 Å². The summed E-state index contributed by atoms with van der Waals surface area (Å²) in [7, 11) is 1.91. The molecular formula is C12H19N5O2S. The number of thioether (sulfide) groups is 1. The fourth-order valence-corrected chi connectivity index (χ4v) is 2.58. The Morgan fingerprint density at radius 2 is 2.15 bits per heavy atom. The van der Waals surface area contributed by atoms with E-state index in [9.17, 15) is 9.59 Å². The van der Waals surface area contributed by atoms with E-state index < -0.39 is 11.3 Å². The molecule has 7 nitrogen and oxygen atoms in total. The van der Waals surface area contributed by atoms with Crippen LogP contribution in [0.2, 0.25) is 0 Å². The van der Waals surface area contributed by atoms with Crippen LogP contribution in [0.3, 0.4) is 0 Å². The molecule has 1 aromatic heterocycles. The Morgan fingerprint density at radius 3 is 2.75 bits per heavy atom. The molecule has 0 radical (unpaired) electrons. The summed E-state index contributed by atoms with van der Waals surface area (Å²) in [5, 5.41) is 13.4. The van der Waals surface area contributed by atoms with Crippen molar-refractivity contribution in [1.82, 2.24) is 25.4 Å². The highest BCUT2D eigenvalue weighted by molar-refractivity contribution is 8.00. The lowest BCUT2D eigenvalue weighted by molar-refractivity contribution is -0.119. The average molecular weight is 297 g/mol. The van der Waals surface area contributed by atoms with Gasteiger partial charge in [0.2, 0.25) is 5.91 Å². The van der Waals surface area contributed by atoms with Crippen molar-refractivity contribution in [2.24, 2.45) is 7.05 Å². The van der Waals surface area contributed by atoms with Crippen molar-refractivity contribution in [3.05, 3.63) is 5.82 Å². The van der Waals surface area contributed by atoms with E-state index in [1.165, 1.54) is 11.8 Å². The van der Waals surface area contributed by atoms with Gasteiger partial charge in [-0.1, -0.05) is 11.8 Å². The summed E-state index contributed by atoms with van der Waals surface area (Å²) >= 11 is 1.30. The molecule has 3 amide bonds. The van der Waals surface area contributed by atoms with Crippen molar-refractivity contribution in [2.75, 3.05) is 6.54 Å². The summed E-state index contributed by atoms with van der Waals surface area (Å²) in [5.41, 5.74) is 0. The van der Waals surface area contributed by atoms with E-state index in [0.717, 1.165) is 18.7 Å². The van der Waals surface area contributed by atoms with Crippen molar-refractivity contribution in [2.45, 2.75) is 43.0 Å². The second-order valence-corrected chi connectivity index (χ2v) is 6.09. The minimum Gasteiger partial charge on any atom is -0.338 e. The molecule has 0 aliphatic heterocycles. The lowest BCUT2D eigenvalue weighted by atomic mass is 10.4. The molecule has 2 N–H and O–H groups in total. The molecule has 0 bridgehead atoms. The van der Waals surface area contributed by atoms with Crippen molar-refractivity contribution in [3.63, 3.8) is 0 Å². The maximum absolute atomic E-state index is 11.8. The molecule has 1 aromatic rings. The van der Waals surface area contributed by atoms with Crippen LogP contribution in [0.4, 0.5) is 4.79 Å². The van der Waals surface area contributed by atoms with Gasteiger partial charge in [-0.05, 0) is 26.7 Å². The van der Waals surface area contributed by atoms with Crippen LogP contribution < -0.4 is 10.6 Å². The number of nitrogens with zero attached hydrogens (tertiary/aromatic N) is 3. The molecule has 110 valence electrons. The molecule has 1 heterocycles. The van der Waals surface area contributed by atoms with E-state index >= 15 is 0 Å². The highest BCUT2D eigenvalue weighted by Gasteiger charge is 2.30. The number of hydrogen-bond donors (Lipinski definition) is 2. The number of carbonyl (C=O) groups is 2. The predicted molar refractivity (Wildman–Crippen MR) is 75.5 cm³/mol. The van der Waals surface area contributed by atoms with Gasteiger partial charge in [-0.3, -0.25) is 10.1 Å². The molecule has 1 saturated carbocycles. The molecule has 2 rings (SSSR count). The Balaban J connectivity index is 1.91. The molecule has 1 atom stereocenters. The first kappa shape index (κ1) is 14.8. The first-order chi connectivity index (χ1) is 9.52. The Hall–Kier alpha value is -1.57. The Kier molecular flexibility index (Phi) is 4.64. The fourth-order valence-electron chi connectivity index (χ4n) is 1.76. The molecule has 1 aliphatic rings. The Morgan fingerprint density at radius 1 is 1.45 bits per heavy atom. The molecule has 0 spiro atoms. The van der Waals surface area contributed by atoms with Gasteiger partial charge in [0.05, 0.1) is 5.25 Å². The van der Waals surface area contributed by atoms with Crippen LogP contribution in [0.25, 0.3) is 0 Å². The molecule has 0 aromatic carbocycles. The van der Waals surface area contributed by atoms with Gasteiger partial charge >= 0.3 is 6.03 Å². The smallest absolute Gasteiger partial charge is 0.321 e. The number of rotatable bonds is 5. The number of aromatic nitrogens is 3. The minimum absolute atomic E-state index is 0.336. The molecule has 1 aliphatic carbocycles. The van der Waals surface area contributed by atoms with E-state index in [0.29, 0.717) is 17.6 Å². The quantitative estimate of drug-likeness (QED) is 0.792. The van der Waals surface area contributed by atoms with Crippen LogP contribution in [-0.4, -0.2) is 38.5 Å².